The number of benzene rings is 2. The molecule has 5 heteroatoms. The lowest BCUT2D eigenvalue weighted by atomic mass is 10.1. The van der Waals surface area contributed by atoms with Crippen LogP contribution in [0.2, 0.25) is 0 Å². The molecule has 2 aromatic carbocycles. The van der Waals surface area contributed by atoms with Crippen LogP contribution >= 0.6 is 0 Å². The van der Waals surface area contributed by atoms with Crippen LogP contribution in [-0.2, 0) is 0 Å². The van der Waals surface area contributed by atoms with Crippen LogP contribution in [0.15, 0.2) is 42.5 Å². The van der Waals surface area contributed by atoms with Crippen molar-refractivity contribution < 1.29 is 9.13 Å². The molecule has 100 valence electrons. The minimum atomic E-state index is -0.458. The maximum Gasteiger partial charge on any atom is 0.165 e. The van der Waals surface area contributed by atoms with E-state index in [1.54, 1.807) is 12.1 Å². The van der Waals surface area contributed by atoms with Crippen molar-refractivity contribution in [2.45, 2.75) is 0 Å². The van der Waals surface area contributed by atoms with Crippen LogP contribution in [0.25, 0.3) is 22.3 Å². The van der Waals surface area contributed by atoms with Gasteiger partial charge in [-0.2, -0.15) is 0 Å². The topological polar surface area (TPSA) is 61.0 Å². The van der Waals surface area contributed by atoms with E-state index in [1.807, 2.05) is 24.3 Å². The molecular formula is C15H12FN3O. The minimum absolute atomic E-state index is 0.183. The van der Waals surface area contributed by atoms with E-state index in [4.69, 9.17) is 10.5 Å². The summed E-state index contributed by atoms with van der Waals surface area (Å²) in [5.41, 5.74) is 7.20. The Morgan fingerprint density at radius 2 is 1.90 bits per heavy atom. The number of nitrogen functional groups attached to an aromatic ring is 1. The van der Waals surface area contributed by atoms with E-state index in [0.717, 1.165) is 10.9 Å². The van der Waals surface area contributed by atoms with Gasteiger partial charge < -0.3 is 10.5 Å². The van der Waals surface area contributed by atoms with E-state index in [1.165, 1.54) is 13.2 Å². The highest BCUT2D eigenvalue weighted by molar-refractivity contribution is 5.89. The van der Waals surface area contributed by atoms with Gasteiger partial charge in [0.15, 0.2) is 17.4 Å². The minimum Gasteiger partial charge on any atom is -0.494 e. The lowest BCUT2D eigenvalue weighted by molar-refractivity contribution is 0.386. The summed E-state index contributed by atoms with van der Waals surface area (Å²) in [5, 5.41) is 0.783. The number of nitrogens with two attached hydrogens (primary N) is 1. The molecular weight excluding hydrogens is 257 g/mol. The zero-order chi connectivity index (χ0) is 14.1. The van der Waals surface area contributed by atoms with Gasteiger partial charge in [0.1, 0.15) is 5.82 Å². The number of aromatic nitrogens is 2. The van der Waals surface area contributed by atoms with Crippen molar-refractivity contribution in [3.8, 4) is 17.1 Å². The SMILES string of the molecule is COc1ccc(-c2nc(N)c3ccccc3n2)cc1F. The average Bonchev–Trinajstić information content (AvgIpc) is 2.47. The molecule has 2 N–H and O–H groups in total. The molecule has 0 aliphatic carbocycles. The fourth-order valence-electron chi connectivity index (χ4n) is 2.04. The van der Waals surface area contributed by atoms with Crippen LogP contribution in [0, 0.1) is 5.82 Å². The van der Waals surface area contributed by atoms with Crippen LogP contribution < -0.4 is 10.5 Å². The number of anilines is 1. The second kappa shape index (κ2) is 4.77. The predicted molar refractivity (Wildman–Crippen MR) is 75.9 cm³/mol. The van der Waals surface area contributed by atoms with Gasteiger partial charge in [-0.05, 0) is 30.3 Å². The molecule has 0 saturated carbocycles. The highest BCUT2D eigenvalue weighted by atomic mass is 19.1. The summed E-state index contributed by atoms with van der Waals surface area (Å²) >= 11 is 0. The zero-order valence-corrected chi connectivity index (χ0v) is 10.8. The Labute approximate surface area is 115 Å². The Hall–Kier alpha value is -2.69. The van der Waals surface area contributed by atoms with Crippen LogP contribution in [0.5, 0.6) is 5.75 Å². The van der Waals surface area contributed by atoms with Crippen molar-refractivity contribution in [2.75, 3.05) is 12.8 Å². The first-order chi connectivity index (χ1) is 9.69. The Morgan fingerprint density at radius 1 is 1.10 bits per heavy atom. The van der Waals surface area contributed by atoms with Crippen LogP contribution in [0.1, 0.15) is 0 Å². The van der Waals surface area contributed by atoms with Crippen LogP contribution in [0.4, 0.5) is 10.2 Å². The van der Waals surface area contributed by atoms with Gasteiger partial charge in [-0.25, -0.2) is 14.4 Å². The molecule has 0 amide bonds. The van der Waals surface area contributed by atoms with E-state index in [-0.39, 0.29) is 5.75 Å². The molecule has 0 aliphatic rings. The van der Waals surface area contributed by atoms with E-state index in [2.05, 4.69) is 9.97 Å². The molecule has 0 unspecified atom stereocenters. The zero-order valence-electron chi connectivity index (χ0n) is 10.8. The highest BCUT2D eigenvalue weighted by Crippen LogP contribution is 2.26. The van der Waals surface area contributed by atoms with Gasteiger partial charge in [0.25, 0.3) is 0 Å². The molecule has 0 saturated heterocycles. The predicted octanol–water partition coefficient (Wildman–Crippen LogP) is 3.03. The van der Waals surface area contributed by atoms with Crippen molar-refractivity contribution in [1.29, 1.82) is 0 Å². The second-order valence-corrected chi connectivity index (χ2v) is 4.30. The number of fused-ring (bicyclic) bond motifs is 1. The Morgan fingerprint density at radius 3 is 2.65 bits per heavy atom. The van der Waals surface area contributed by atoms with Gasteiger partial charge in [-0.1, -0.05) is 12.1 Å². The molecule has 0 spiro atoms. The standard InChI is InChI=1S/C15H12FN3O/c1-20-13-7-6-9(8-11(13)16)15-18-12-5-3-2-4-10(12)14(17)19-15/h2-8H,1H3,(H2,17,18,19). The molecule has 0 aliphatic heterocycles. The van der Waals surface area contributed by atoms with Crippen molar-refractivity contribution >= 4 is 16.7 Å². The maximum absolute atomic E-state index is 13.7. The fourth-order valence-corrected chi connectivity index (χ4v) is 2.04. The normalized spacial score (nSPS) is 10.7. The third kappa shape index (κ3) is 2.03. The van der Waals surface area contributed by atoms with Crippen LogP contribution in [-0.4, -0.2) is 17.1 Å². The summed E-state index contributed by atoms with van der Waals surface area (Å²) in [6.07, 6.45) is 0. The van der Waals surface area contributed by atoms with Gasteiger partial charge in [0, 0.05) is 10.9 Å². The molecule has 0 atom stereocenters. The second-order valence-electron chi connectivity index (χ2n) is 4.30. The molecule has 1 heterocycles. The maximum atomic E-state index is 13.7. The smallest absolute Gasteiger partial charge is 0.165 e. The van der Waals surface area contributed by atoms with Gasteiger partial charge in [-0.3, -0.25) is 0 Å². The summed E-state index contributed by atoms with van der Waals surface area (Å²) in [7, 11) is 1.42. The Kier molecular flexibility index (Phi) is 2.95. The number of nitrogens with zero attached hydrogens (tertiary/aromatic N) is 2. The molecule has 4 nitrogen and oxygen atoms in total. The summed E-state index contributed by atoms with van der Waals surface area (Å²) in [6.45, 7) is 0. The molecule has 0 fully saturated rings. The molecule has 3 aromatic rings. The number of rotatable bonds is 2. The third-order valence-corrected chi connectivity index (χ3v) is 3.04. The van der Waals surface area contributed by atoms with Crippen molar-refractivity contribution in [2.24, 2.45) is 0 Å². The van der Waals surface area contributed by atoms with Crippen LogP contribution in [0.3, 0.4) is 0 Å². The number of halogens is 1. The number of ether oxygens (including phenoxy) is 1. The Bertz CT molecular complexity index is 789. The molecule has 0 bridgehead atoms. The number of methoxy groups -OCH3 is 1. The quantitative estimate of drug-likeness (QED) is 0.776. The average molecular weight is 269 g/mol. The van der Waals surface area contributed by atoms with E-state index >= 15 is 0 Å². The monoisotopic (exact) mass is 269 g/mol. The first kappa shape index (κ1) is 12.3. The fraction of sp³-hybridized carbons (Fsp3) is 0.0667. The summed E-state index contributed by atoms with van der Waals surface area (Å²) < 4.78 is 18.6. The first-order valence-corrected chi connectivity index (χ1v) is 6.05. The van der Waals surface area contributed by atoms with E-state index in [0.29, 0.717) is 17.2 Å². The lowest BCUT2D eigenvalue weighted by Crippen LogP contribution is -1.98. The van der Waals surface area contributed by atoms with Crippen molar-refractivity contribution in [1.82, 2.24) is 9.97 Å². The summed E-state index contributed by atoms with van der Waals surface area (Å²) in [5.74, 6) is 0.493. The molecule has 3 rings (SSSR count). The number of para-hydroxylation sites is 1. The largest absolute Gasteiger partial charge is 0.494 e. The Balaban J connectivity index is 2.17. The molecule has 1 aromatic heterocycles. The number of hydrogen-bond acceptors (Lipinski definition) is 4. The van der Waals surface area contributed by atoms with Gasteiger partial charge >= 0.3 is 0 Å². The van der Waals surface area contributed by atoms with Gasteiger partial charge in [0.2, 0.25) is 0 Å². The third-order valence-electron chi connectivity index (χ3n) is 3.04. The molecule has 20 heavy (non-hydrogen) atoms. The summed E-state index contributed by atoms with van der Waals surface area (Å²) in [4.78, 5) is 8.63. The first-order valence-electron chi connectivity index (χ1n) is 6.05. The highest BCUT2D eigenvalue weighted by Gasteiger charge is 2.10. The van der Waals surface area contributed by atoms with E-state index < -0.39 is 5.82 Å². The van der Waals surface area contributed by atoms with Crippen molar-refractivity contribution in [3.05, 3.63) is 48.3 Å². The van der Waals surface area contributed by atoms with Crippen molar-refractivity contribution in [3.63, 3.8) is 0 Å². The van der Waals surface area contributed by atoms with E-state index in [9.17, 15) is 4.39 Å². The lowest BCUT2D eigenvalue weighted by Gasteiger charge is -2.07. The van der Waals surface area contributed by atoms with Gasteiger partial charge in [0.05, 0.1) is 12.6 Å². The number of hydrogen-bond donors (Lipinski definition) is 1. The van der Waals surface area contributed by atoms with Gasteiger partial charge in [-0.15, -0.1) is 0 Å². The summed E-state index contributed by atoms with van der Waals surface area (Å²) in [6, 6.07) is 12.0. The molecule has 0 radical (unpaired) electrons.